The summed E-state index contributed by atoms with van der Waals surface area (Å²) in [5.41, 5.74) is 2.52. The van der Waals surface area contributed by atoms with Crippen LogP contribution in [0.3, 0.4) is 0 Å². The molecule has 0 aliphatic rings. The lowest BCUT2D eigenvalue weighted by atomic mass is 9.98. The molecule has 0 saturated heterocycles. The number of nitrogens with one attached hydrogen (secondary N) is 1. The van der Waals surface area contributed by atoms with Gasteiger partial charge in [0.2, 0.25) is 0 Å². The Labute approximate surface area is 122 Å². The van der Waals surface area contributed by atoms with E-state index < -0.39 is 5.97 Å². The van der Waals surface area contributed by atoms with Crippen molar-refractivity contribution in [2.45, 2.75) is 58.4 Å². The van der Waals surface area contributed by atoms with Gasteiger partial charge in [-0.05, 0) is 36.4 Å². The Morgan fingerprint density at radius 3 is 2.40 bits per heavy atom. The molecule has 1 aromatic rings. The molecule has 0 spiro atoms. The molecule has 0 heterocycles. The van der Waals surface area contributed by atoms with E-state index in [9.17, 15) is 4.79 Å². The van der Waals surface area contributed by atoms with Crippen LogP contribution >= 0.6 is 0 Å². The maximum absolute atomic E-state index is 10.9. The van der Waals surface area contributed by atoms with Gasteiger partial charge in [0.05, 0.1) is 6.42 Å². The SMILES string of the molecule is CCCCNC(CC(=O)O)Cc1ccc(C(C)C)cc1. The maximum atomic E-state index is 10.9. The molecular weight excluding hydrogens is 250 g/mol. The van der Waals surface area contributed by atoms with Crippen LogP contribution in [-0.2, 0) is 11.2 Å². The van der Waals surface area contributed by atoms with E-state index in [0.29, 0.717) is 5.92 Å². The minimum atomic E-state index is -0.738. The molecule has 0 amide bonds. The molecule has 1 rings (SSSR count). The summed E-state index contributed by atoms with van der Waals surface area (Å²) < 4.78 is 0. The Kier molecular flexibility index (Phi) is 7.31. The van der Waals surface area contributed by atoms with Gasteiger partial charge >= 0.3 is 5.97 Å². The second kappa shape index (κ2) is 8.75. The molecule has 0 saturated carbocycles. The van der Waals surface area contributed by atoms with E-state index in [0.717, 1.165) is 25.8 Å². The summed E-state index contributed by atoms with van der Waals surface area (Å²) in [4.78, 5) is 10.9. The zero-order valence-electron chi connectivity index (χ0n) is 12.9. The van der Waals surface area contributed by atoms with Crippen molar-refractivity contribution in [3.05, 3.63) is 35.4 Å². The number of unbranched alkanes of at least 4 members (excludes halogenated alkanes) is 1. The zero-order chi connectivity index (χ0) is 15.0. The van der Waals surface area contributed by atoms with E-state index in [-0.39, 0.29) is 12.5 Å². The first kappa shape index (κ1) is 16.7. The second-order valence-corrected chi connectivity index (χ2v) is 5.70. The topological polar surface area (TPSA) is 49.3 Å². The van der Waals surface area contributed by atoms with Crippen molar-refractivity contribution >= 4 is 5.97 Å². The predicted octanol–water partition coefficient (Wildman–Crippen LogP) is 3.59. The van der Waals surface area contributed by atoms with E-state index in [4.69, 9.17) is 5.11 Å². The summed E-state index contributed by atoms with van der Waals surface area (Å²) in [5, 5.41) is 12.4. The summed E-state index contributed by atoms with van der Waals surface area (Å²) in [7, 11) is 0. The van der Waals surface area contributed by atoms with Gasteiger partial charge in [-0.25, -0.2) is 0 Å². The van der Waals surface area contributed by atoms with Crippen molar-refractivity contribution in [1.82, 2.24) is 5.32 Å². The molecule has 0 aliphatic carbocycles. The third-order valence-corrected chi connectivity index (χ3v) is 3.51. The van der Waals surface area contributed by atoms with Gasteiger partial charge in [-0.1, -0.05) is 51.5 Å². The molecule has 20 heavy (non-hydrogen) atoms. The Bertz CT molecular complexity index is 398. The number of benzene rings is 1. The molecule has 0 aromatic heterocycles. The number of carbonyl (C=O) groups is 1. The van der Waals surface area contributed by atoms with Gasteiger partial charge < -0.3 is 10.4 Å². The van der Waals surface area contributed by atoms with Gasteiger partial charge in [0, 0.05) is 6.04 Å². The van der Waals surface area contributed by atoms with Gasteiger partial charge in [0.15, 0.2) is 0 Å². The van der Waals surface area contributed by atoms with Crippen molar-refractivity contribution in [2.75, 3.05) is 6.54 Å². The van der Waals surface area contributed by atoms with Crippen LogP contribution in [0.1, 0.15) is 57.1 Å². The molecule has 0 aliphatic heterocycles. The van der Waals surface area contributed by atoms with Crippen molar-refractivity contribution < 1.29 is 9.90 Å². The molecule has 0 fully saturated rings. The van der Waals surface area contributed by atoms with Crippen LogP contribution in [0.4, 0.5) is 0 Å². The highest BCUT2D eigenvalue weighted by Crippen LogP contribution is 2.16. The lowest BCUT2D eigenvalue weighted by Gasteiger charge is -2.17. The molecule has 3 nitrogen and oxygen atoms in total. The van der Waals surface area contributed by atoms with Crippen molar-refractivity contribution in [3.8, 4) is 0 Å². The summed E-state index contributed by atoms with van der Waals surface area (Å²) in [5.74, 6) is -0.209. The third-order valence-electron chi connectivity index (χ3n) is 3.51. The summed E-state index contributed by atoms with van der Waals surface area (Å²) in [6.45, 7) is 7.38. The fraction of sp³-hybridized carbons (Fsp3) is 0.588. The Hall–Kier alpha value is -1.35. The van der Waals surface area contributed by atoms with Crippen LogP contribution in [-0.4, -0.2) is 23.7 Å². The van der Waals surface area contributed by atoms with Crippen LogP contribution < -0.4 is 5.32 Å². The van der Waals surface area contributed by atoms with E-state index in [1.807, 2.05) is 0 Å². The first-order chi connectivity index (χ1) is 9.52. The average molecular weight is 277 g/mol. The summed E-state index contributed by atoms with van der Waals surface area (Å²) in [6.07, 6.45) is 3.16. The number of hydrogen-bond donors (Lipinski definition) is 2. The third kappa shape index (κ3) is 6.20. The molecule has 1 unspecified atom stereocenters. The zero-order valence-corrected chi connectivity index (χ0v) is 12.9. The van der Waals surface area contributed by atoms with Gasteiger partial charge in [-0.3, -0.25) is 4.79 Å². The number of aliphatic carboxylic acids is 1. The van der Waals surface area contributed by atoms with E-state index >= 15 is 0 Å². The molecule has 2 N–H and O–H groups in total. The molecular formula is C17H27NO2. The maximum Gasteiger partial charge on any atom is 0.304 e. The first-order valence-corrected chi connectivity index (χ1v) is 7.57. The molecule has 1 atom stereocenters. The quantitative estimate of drug-likeness (QED) is 0.678. The highest BCUT2D eigenvalue weighted by Gasteiger charge is 2.13. The van der Waals surface area contributed by atoms with Crippen LogP contribution in [0.2, 0.25) is 0 Å². The van der Waals surface area contributed by atoms with Crippen molar-refractivity contribution in [1.29, 1.82) is 0 Å². The minimum Gasteiger partial charge on any atom is -0.481 e. The highest BCUT2D eigenvalue weighted by atomic mass is 16.4. The lowest BCUT2D eigenvalue weighted by Crippen LogP contribution is -2.34. The summed E-state index contributed by atoms with van der Waals surface area (Å²) in [6, 6.07) is 8.54. The van der Waals surface area contributed by atoms with E-state index in [1.165, 1.54) is 11.1 Å². The Balaban J connectivity index is 2.60. The van der Waals surface area contributed by atoms with Crippen LogP contribution in [0.15, 0.2) is 24.3 Å². The second-order valence-electron chi connectivity index (χ2n) is 5.70. The molecule has 0 bridgehead atoms. The number of carboxylic acid groups (broad SMARTS) is 1. The molecule has 1 aromatic carbocycles. The lowest BCUT2D eigenvalue weighted by molar-refractivity contribution is -0.137. The number of hydrogen-bond acceptors (Lipinski definition) is 2. The van der Waals surface area contributed by atoms with E-state index in [2.05, 4.69) is 50.4 Å². The van der Waals surface area contributed by atoms with Crippen LogP contribution in [0.25, 0.3) is 0 Å². The molecule has 3 heteroatoms. The predicted molar refractivity (Wildman–Crippen MR) is 83.2 cm³/mol. The molecule has 112 valence electrons. The average Bonchev–Trinajstić information content (AvgIpc) is 2.38. The minimum absolute atomic E-state index is 0.0175. The van der Waals surface area contributed by atoms with Crippen LogP contribution in [0, 0.1) is 0 Å². The van der Waals surface area contributed by atoms with Crippen molar-refractivity contribution in [2.24, 2.45) is 0 Å². The van der Waals surface area contributed by atoms with Gasteiger partial charge in [-0.15, -0.1) is 0 Å². The van der Waals surface area contributed by atoms with Crippen molar-refractivity contribution in [3.63, 3.8) is 0 Å². The number of carboxylic acids is 1. The highest BCUT2D eigenvalue weighted by molar-refractivity contribution is 5.67. The fourth-order valence-electron chi connectivity index (χ4n) is 2.23. The van der Waals surface area contributed by atoms with Gasteiger partial charge in [0.25, 0.3) is 0 Å². The normalized spacial score (nSPS) is 12.6. The molecule has 0 radical (unpaired) electrons. The summed E-state index contributed by atoms with van der Waals surface area (Å²) >= 11 is 0. The first-order valence-electron chi connectivity index (χ1n) is 7.57. The van der Waals surface area contributed by atoms with Gasteiger partial charge in [-0.2, -0.15) is 0 Å². The fourth-order valence-corrected chi connectivity index (χ4v) is 2.23. The monoisotopic (exact) mass is 277 g/mol. The van der Waals surface area contributed by atoms with Gasteiger partial charge in [0.1, 0.15) is 0 Å². The number of rotatable bonds is 9. The Morgan fingerprint density at radius 2 is 1.90 bits per heavy atom. The smallest absolute Gasteiger partial charge is 0.304 e. The van der Waals surface area contributed by atoms with Crippen LogP contribution in [0.5, 0.6) is 0 Å². The standard InChI is InChI=1S/C17H27NO2/c1-4-5-10-18-16(12-17(19)20)11-14-6-8-15(9-7-14)13(2)3/h6-9,13,16,18H,4-5,10-12H2,1-3H3,(H,19,20). The van der Waals surface area contributed by atoms with E-state index in [1.54, 1.807) is 0 Å². The Morgan fingerprint density at radius 1 is 1.25 bits per heavy atom. The largest absolute Gasteiger partial charge is 0.481 e.